The first-order valence-electron chi connectivity index (χ1n) is 5.26. The van der Waals surface area contributed by atoms with Crippen molar-refractivity contribution in [1.29, 1.82) is 0 Å². The third-order valence-electron chi connectivity index (χ3n) is 2.77. The zero-order chi connectivity index (χ0) is 10.8. The zero-order valence-electron chi connectivity index (χ0n) is 9.49. The predicted octanol–water partition coefficient (Wildman–Crippen LogP) is 4.28. The van der Waals surface area contributed by atoms with Gasteiger partial charge in [-0.2, -0.15) is 10.9 Å². The highest BCUT2D eigenvalue weighted by molar-refractivity contribution is 8.22. The molecule has 0 saturated carbocycles. The van der Waals surface area contributed by atoms with Gasteiger partial charge in [-0.25, -0.2) is 0 Å². The van der Waals surface area contributed by atoms with Gasteiger partial charge in [0.05, 0.1) is 0 Å². The molecule has 1 aromatic carbocycles. The van der Waals surface area contributed by atoms with Gasteiger partial charge in [-0.15, -0.1) is 0 Å². The number of thiol groups is 1. The molecular weight excluding hydrogens is 200 g/mol. The molecule has 0 unspecified atom stereocenters. The molecule has 1 aliphatic rings. The van der Waals surface area contributed by atoms with E-state index in [0.29, 0.717) is 0 Å². The summed E-state index contributed by atoms with van der Waals surface area (Å²) in [6.45, 7) is 6.51. The fourth-order valence-corrected chi connectivity index (χ4v) is 3.76. The second-order valence-corrected chi connectivity index (χ2v) is 5.80. The first-order valence-corrected chi connectivity index (χ1v) is 6.74. The molecule has 0 bridgehead atoms. The Morgan fingerprint density at radius 1 is 1.00 bits per heavy atom. The highest BCUT2D eigenvalue weighted by Crippen LogP contribution is 2.43. The average Bonchev–Trinajstić information content (AvgIpc) is 2.69. The van der Waals surface area contributed by atoms with Crippen LogP contribution in [0.25, 0.3) is 0 Å². The van der Waals surface area contributed by atoms with Gasteiger partial charge in [0.1, 0.15) is 0 Å². The van der Waals surface area contributed by atoms with Gasteiger partial charge in [0.15, 0.2) is 0 Å². The Labute approximate surface area is 95.1 Å². The van der Waals surface area contributed by atoms with Crippen molar-refractivity contribution in [2.45, 2.75) is 25.7 Å². The molecule has 79 valence electrons. The Balaban J connectivity index is 2.43. The van der Waals surface area contributed by atoms with Gasteiger partial charge in [-0.1, -0.05) is 19.1 Å². The van der Waals surface area contributed by atoms with Crippen LogP contribution in [0, 0.1) is 20.3 Å². The quantitative estimate of drug-likeness (QED) is 0.702. The van der Waals surface area contributed by atoms with E-state index in [2.05, 4.69) is 62.3 Å². The lowest BCUT2D eigenvalue weighted by atomic mass is 10.0. The van der Waals surface area contributed by atoms with Crippen LogP contribution in [0.15, 0.2) is 40.0 Å². The van der Waals surface area contributed by atoms with Crippen molar-refractivity contribution in [2.75, 3.05) is 0 Å². The van der Waals surface area contributed by atoms with Crippen LogP contribution in [-0.4, -0.2) is 0 Å². The van der Waals surface area contributed by atoms with E-state index in [9.17, 15) is 0 Å². The summed E-state index contributed by atoms with van der Waals surface area (Å²) in [7, 11) is -0.165. The van der Waals surface area contributed by atoms with Gasteiger partial charge in [0.25, 0.3) is 0 Å². The van der Waals surface area contributed by atoms with E-state index in [4.69, 9.17) is 0 Å². The van der Waals surface area contributed by atoms with Gasteiger partial charge in [-0.05, 0) is 64.8 Å². The third-order valence-corrected chi connectivity index (χ3v) is 4.61. The summed E-state index contributed by atoms with van der Waals surface area (Å²) < 4.78 is 0. The van der Waals surface area contributed by atoms with Gasteiger partial charge in [0.2, 0.25) is 0 Å². The Kier molecular flexibility index (Phi) is 3.01. The molecule has 15 heavy (non-hydrogen) atoms. The Morgan fingerprint density at radius 2 is 1.53 bits per heavy atom. The summed E-state index contributed by atoms with van der Waals surface area (Å²) in [6.07, 6.45) is 6.49. The minimum absolute atomic E-state index is 0.165. The van der Waals surface area contributed by atoms with Crippen LogP contribution in [0.4, 0.5) is 0 Å². The van der Waals surface area contributed by atoms with E-state index >= 15 is 0 Å². The van der Waals surface area contributed by atoms with Crippen LogP contribution < -0.4 is 0 Å². The molecule has 0 amide bonds. The number of rotatable bonds is 2. The molecule has 1 aliphatic heterocycles. The standard InChI is InChI=1S/C14H17S/c1-4-14-11(2)9-13(10-12(14)3)15-7-5-6-8-15/h4-10,15H,1-3H3. The molecule has 0 saturated heterocycles. The highest BCUT2D eigenvalue weighted by Gasteiger charge is 2.07. The smallest absolute Gasteiger partial charge is 0.00497 e. The molecule has 0 fully saturated rings. The van der Waals surface area contributed by atoms with Crippen molar-refractivity contribution in [1.82, 2.24) is 0 Å². The Bertz CT molecular complexity index is 392. The van der Waals surface area contributed by atoms with E-state index in [1.54, 1.807) is 0 Å². The van der Waals surface area contributed by atoms with Crippen LogP contribution in [0.2, 0.25) is 0 Å². The molecular formula is C14H17S. The van der Waals surface area contributed by atoms with Crippen molar-refractivity contribution >= 4 is 10.9 Å². The van der Waals surface area contributed by atoms with E-state index in [1.807, 2.05) is 0 Å². The fourth-order valence-electron chi connectivity index (χ4n) is 2.06. The summed E-state index contributed by atoms with van der Waals surface area (Å²) in [5.41, 5.74) is 4.17. The Morgan fingerprint density at radius 3 is 2.00 bits per heavy atom. The van der Waals surface area contributed by atoms with Gasteiger partial charge in [-0.3, -0.25) is 0 Å². The number of aryl methyl sites for hydroxylation is 2. The van der Waals surface area contributed by atoms with E-state index in [1.165, 1.54) is 21.6 Å². The third kappa shape index (κ3) is 2.03. The van der Waals surface area contributed by atoms with Crippen molar-refractivity contribution in [3.8, 4) is 0 Å². The van der Waals surface area contributed by atoms with E-state index < -0.39 is 0 Å². The maximum absolute atomic E-state index is 2.33. The number of benzene rings is 1. The normalized spacial score (nSPS) is 16.3. The number of hydrogen-bond acceptors (Lipinski definition) is 0. The van der Waals surface area contributed by atoms with Crippen LogP contribution in [0.5, 0.6) is 0 Å². The van der Waals surface area contributed by atoms with Gasteiger partial charge < -0.3 is 0 Å². The molecule has 0 atom stereocenters. The van der Waals surface area contributed by atoms with Crippen molar-refractivity contribution in [3.05, 3.63) is 58.2 Å². The van der Waals surface area contributed by atoms with Crippen LogP contribution in [0.1, 0.15) is 23.6 Å². The minimum Gasteiger partial charge on any atom is -0.186 e. The summed E-state index contributed by atoms with van der Waals surface area (Å²) in [5.74, 6) is 0. The first-order chi connectivity index (χ1) is 7.22. The van der Waals surface area contributed by atoms with Crippen molar-refractivity contribution in [2.24, 2.45) is 0 Å². The van der Waals surface area contributed by atoms with E-state index in [-0.39, 0.29) is 10.9 Å². The molecule has 0 N–H and O–H groups in total. The monoisotopic (exact) mass is 217 g/mol. The summed E-state index contributed by atoms with van der Waals surface area (Å²) in [4.78, 5) is 1.47. The van der Waals surface area contributed by atoms with Crippen molar-refractivity contribution < 1.29 is 0 Å². The lowest BCUT2D eigenvalue weighted by Gasteiger charge is -2.15. The zero-order valence-corrected chi connectivity index (χ0v) is 10.4. The maximum Gasteiger partial charge on any atom is -0.00497 e. The molecule has 2 rings (SSSR count). The number of allylic oxidation sites excluding steroid dienone is 2. The van der Waals surface area contributed by atoms with Gasteiger partial charge >= 0.3 is 0 Å². The molecule has 1 radical (unpaired) electrons. The SMILES string of the molecule is C[CH]c1c(C)cc([SH]2C=CC=C2)cc1C. The summed E-state index contributed by atoms with van der Waals surface area (Å²) in [6, 6.07) is 4.65. The largest absolute Gasteiger partial charge is 0.186 e. The predicted molar refractivity (Wildman–Crippen MR) is 70.5 cm³/mol. The van der Waals surface area contributed by atoms with Crippen LogP contribution >= 0.6 is 10.9 Å². The lowest BCUT2D eigenvalue weighted by molar-refractivity contribution is 1.21. The molecule has 0 spiro atoms. The van der Waals surface area contributed by atoms with Crippen molar-refractivity contribution in [3.63, 3.8) is 0 Å². The number of hydrogen-bond donors (Lipinski definition) is 1. The maximum atomic E-state index is 2.33. The average molecular weight is 217 g/mol. The summed E-state index contributed by atoms with van der Waals surface area (Å²) in [5, 5.41) is 4.61. The molecule has 0 aromatic heterocycles. The molecule has 1 aromatic rings. The lowest BCUT2D eigenvalue weighted by Crippen LogP contribution is -1.91. The van der Waals surface area contributed by atoms with E-state index in [0.717, 1.165) is 0 Å². The Hall–Kier alpha value is -0.950. The molecule has 0 aliphatic carbocycles. The molecule has 1 heterocycles. The van der Waals surface area contributed by atoms with Gasteiger partial charge in [0, 0.05) is 0 Å². The minimum atomic E-state index is -0.165. The first kappa shape index (κ1) is 10.6. The topological polar surface area (TPSA) is 0 Å². The van der Waals surface area contributed by atoms with Crippen LogP contribution in [-0.2, 0) is 0 Å². The molecule has 1 heteroatoms. The second kappa shape index (κ2) is 4.28. The second-order valence-electron chi connectivity index (χ2n) is 3.87. The highest BCUT2D eigenvalue weighted by atomic mass is 32.2. The summed E-state index contributed by atoms with van der Waals surface area (Å²) >= 11 is 0. The van der Waals surface area contributed by atoms with Crippen LogP contribution in [0.3, 0.4) is 0 Å². The fraction of sp³-hybridized carbons (Fsp3) is 0.214. The molecule has 0 nitrogen and oxygen atoms in total.